The van der Waals surface area contributed by atoms with Crippen LogP contribution >= 0.6 is 11.6 Å². The van der Waals surface area contributed by atoms with Crippen LogP contribution in [0.2, 0.25) is 5.02 Å². The van der Waals surface area contributed by atoms with Crippen molar-refractivity contribution in [3.05, 3.63) is 105 Å². The number of ether oxygens (including phenoxy) is 1. The van der Waals surface area contributed by atoms with E-state index in [1.165, 1.54) is 0 Å². The lowest BCUT2D eigenvalue weighted by Crippen LogP contribution is -2.29. The van der Waals surface area contributed by atoms with Gasteiger partial charge in [0.1, 0.15) is 11.3 Å². The van der Waals surface area contributed by atoms with Crippen LogP contribution in [0.25, 0.3) is 11.0 Å². The Morgan fingerprint density at radius 2 is 1.68 bits per heavy atom. The molecule has 1 aliphatic heterocycles. The summed E-state index contributed by atoms with van der Waals surface area (Å²) < 4.78 is 11.5. The van der Waals surface area contributed by atoms with Crippen LogP contribution in [0.3, 0.4) is 0 Å². The first-order valence-corrected chi connectivity index (χ1v) is 10.3. The fourth-order valence-electron chi connectivity index (χ4n) is 4.02. The molecule has 5 nitrogen and oxygen atoms in total. The Morgan fingerprint density at radius 3 is 2.39 bits per heavy atom. The minimum Gasteiger partial charge on any atom is -0.494 e. The zero-order chi connectivity index (χ0) is 21.5. The van der Waals surface area contributed by atoms with Crippen LogP contribution in [-0.4, -0.2) is 12.5 Å². The lowest BCUT2D eigenvalue weighted by Gasteiger charge is -2.25. The molecule has 4 aromatic rings. The van der Waals surface area contributed by atoms with Crippen LogP contribution in [-0.2, 0) is 0 Å². The number of carbonyl (C=O) groups excluding carboxylic acids is 1. The highest BCUT2D eigenvalue weighted by Crippen LogP contribution is 2.41. The van der Waals surface area contributed by atoms with Gasteiger partial charge in [-0.3, -0.25) is 14.5 Å². The molecule has 0 saturated heterocycles. The minimum absolute atomic E-state index is 0.0672. The number of amides is 1. The zero-order valence-electron chi connectivity index (χ0n) is 16.7. The maximum Gasteiger partial charge on any atom is 0.295 e. The quantitative estimate of drug-likeness (QED) is 0.422. The second-order valence-electron chi connectivity index (χ2n) is 7.23. The number of hydrogen-bond donors (Lipinski definition) is 0. The van der Waals surface area contributed by atoms with Gasteiger partial charge in [-0.05, 0) is 61.0 Å². The lowest BCUT2D eigenvalue weighted by atomic mass is 9.98. The van der Waals surface area contributed by atoms with E-state index >= 15 is 0 Å². The average Bonchev–Trinajstić information content (AvgIpc) is 3.08. The van der Waals surface area contributed by atoms with Gasteiger partial charge in [0, 0.05) is 10.7 Å². The highest BCUT2D eigenvalue weighted by molar-refractivity contribution is 6.30. The van der Waals surface area contributed by atoms with E-state index in [1.807, 2.05) is 31.2 Å². The van der Waals surface area contributed by atoms with Crippen molar-refractivity contribution in [2.45, 2.75) is 13.0 Å². The number of carbonyl (C=O) groups is 1. The summed E-state index contributed by atoms with van der Waals surface area (Å²) in [5, 5.41) is 1.02. The van der Waals surface area contributed by atoms with Crippen LogP contribution < -0.4 is 15.1 Å². The van der Waals surface area contributed by atoms with Crippen molar-refractivity contribution in [1.82, 2.24) is 0 Å². The summed E-state index contributed by atoms with van der Waals surface area (Å²) in [6.45, 7) is 2.46. The second-order valence-corrected chi connectivity index (χ2v) is 7.66. The molecule has 0 fully saturated rings. The number of halogens is 1. The lowest BCUT2D eigenvalue weighted by molar-refractivity contribution is 0.0971. The molecule has 31 heavy (non-hydrogen) atoms. The number of anilines is 1. The van der Waals surface area contributed by atoms with Gasteiger partial charge in [-0.15, -0.1) is 0 Å². The summed E-state index contributed by atoms with van der Waals surface area (Å²) in [5.74, 6) is 0.415. The van der Waals surface area contributed by atoms with E-state index in [0.717, 1.165) is 5.56 Å². The summed E-state index contributed by atoms with van der Waals surface area (Å²) in [6, 6.07) is 20.7. The van der Waals surface area contributed by atoms with Gasteiger partial charge >= 0.3 is 0 Å². The Kier molecular flexibility index (Phi) is 4.75. The standard InChI is InChI=1S/C25H18ClNO4/c1-2-30-18-13-11-17(12-14-18)27-22(15-7-9-16(26)10-8-15)21-23(28)19-5-3-4-6-20(19)31-24(21)25(27)29/h3-14,22H,2H2,1H3. The van der Waals surface area contributed by atoms with Crippen molar-refractivity contribution < 1.29 is 13.9 Å². The molecule has 0 radical (unpaired) electrons. The molecule has 0 bridgehead atoms. The molecule has 1 amide bonds. The van der Waals surface area contributed by atoms with E-state index in [1.54, 1.807) is 53.4 Å². The summed E-state index contributed by atoms with van der Waals surface area (Å²) in [5.41, 5.74) is 1.93. The number of hydrogen-bond acceptors (Lipinski definition) is 4. The van der Waals surface area contributed by atoms with Gasteiger partial charge in [-0.2, -0.15) is 0 Å². The maximum absolute atomic E-state index is 13.5. The highest BCUT2D eigenvalue weighted by atomic mass is 35.5. The fourth-order valence-corrected chi connectivity index (χ4v) is 4.14. The molecule has 1 aliphatic rings. The van der Waals surface area contributed by atoms with Crippen LogP contribution in [0, 0.1) is 0 Å². The zero-order valence-corrected chi connectivity index (χ0v) is 17.4. The van der Waals surface area contributed by atoms with Crippen molar-refractivity contribution in [2.75, 3.05) is 11.5 Å². The maximum atomic E-state index is 13.5. The SMILES string of the molecule is CCOc1ccc(N2C(=O)c3oc4ccccc4c(=O)c3C2c2ccc(Cl)cc2)cc1. The molecule has 0 spiro atoms. The predicted molar refractivity (Wildman–Crippen MR) is 120 cm³/mol. The van der Waals surface area contributed by atoms with Crippen LogP contribution in [0.1, 0.15) is 34.6 Å². The van der Waals surface area contributed by atoms with Crippen molar-refractivity contribution in [2.24, 2.45) is 0 Å². The highest BCUT2D eigenvalue weighted by Gasteiger charge is 2.43. The summed E-state index contributed by atoms with van der Waals surface area (Å²) in [4.78, 5) is 28.5. The summed E-state index contributed by atoms with van der Waals surface area (Å²) >= 11 is 6.08. The molecular formula is C25H18ClNO4. The van der Waals surface area contributed by atoms with Crippen molar-refractivity contribution in [1.29, 1.82) is 0 Å². The number of fused-ring (bicyclic) bond motifs is 2. The molecule has 6 heteroatoms. The van der Waals surface area contributed by atoms with E-state index in [-0.39, 0.29) is 17.1 Å². The molecule has 1 unspecified atom stereocenters. The molecule has 0 N–H and O–H groups in total. The first-order valence-electron chi connectivity index (χ1n) is 9.96. The van der Waals surface area contributed by atoms with Crippen LogP contribution in [0.5, 0.6) is 5.75 Å². The molecule has 1 atom stereocenters. The van der Waals surface area contributed by atoms with Gasteiger partial charge in [0.05, 0.1) is 23.6 Å². The third-order valence-electron chi connectivity index (χ3n) is 5.39. The predicted octanol–water partition coefficient (Wildman–Crippen LogP) is 5.59. The van der Waals surface area contributed by atoms with Crippen molar-refractivity contribution in [3.8, 4) is 5.75 Å². The van der Waals surface area contributed by atoms with Gasteiger partial charge in [0.2, 0.25) is 5.76 Å². The molecule has 0 saturated carbocycles. The van der Waals surface area contributed by atoms with Crippen molar-refractivity contribution in [3.63, 3.8) is 0 Å². The van der Waals surface area contributed by atoms with Gasteiger partial charge in [0.15, 0.2) is 5.43 Å². The van der Waals surface area contributed by atoms with E-state index in [4.69, 9.17) is 20.8 Å². The van der Waals surface area contributed by atoms with E-state index in [2.05, 4.69) is 0 Å². The van der Waals surface area contributed by atoms with Crippen molar-refractivity contribution >= 4 is 34.2 Å². The molecule has 5 rings (SSSR count). The summed E-state index contributed by atoms with van der Waals surface area (Å²) in [7, 11) is 0. The first kappa shape index (κ1) is 19.4. The number of nitrogens with zero attached hydrogens (tertiary/aromatic N) is 1. The minimum atomic E-state index is -0.626. The monoisotopic (exact) mass is 431 g/mol. The van der Waals surface area contributed by atoms with Gasteiger partial charge in [-0.1, -0.05) is 35.9 Å². The Hall–Kier alpha value is -3.57. The molecule has 1 aromatic heterocycles. The molecule has 0 aliphatic carbocycles. The van der Waals surface area contributed by atoms with Crippen LogP contribution in [0.4, 0.5) is 5.69 Å². The number of para-hydroxylation sites is 1. The molecule has 3 aromatic carbocycles. The molecule has 154 valence electrons. The number of benzene rings is 3. The van der Waals surface area contributed by atoms with Crippen LogP contribution in [0.15, 0.2) is 82.0 Å². The Bertz CT molecular complexity index is 1340. The average molecular weight is 432 g/mol. The second kappa shape index (κ2) is 7.60. The number of rotatable bonds is 4. The summed E-state index contributed by atoms with van der Waals surface area (Å²) in [6.07, 6.45) is 0. The van der Waals surface area contributed by atoms with E-state index < -0.39 is 6.04 Å². The van der Waals surface area contributed by atoms with Gasteiger partial charge in [-0.25, -0.2) is 0 Å². The Morgan fingerprint density at radius 1 is 0.968 bits per heavy atom. The topological polar surface area (TPSA) is 59.8 Å². The molecule has 2 heterocycles. The Balaban J connectivity index is 1.74. The van der Waals surface area contributed by atoms with Gasteiger partial charge < -0.3 is 9.15 Å². The normalized spacial score (nSPS) is 15.4. The Labute approximate surface area is 183 Å². The van der Waals surface area contributed by atoms with E-state index in [9.17, 15) is 9.59 Å². The third-order valence-corrected chi connectivity index (χ3v) is 5.64. The largest absolute Gasteiger partial charge is 0.494 e. The van der Waals surface area contributed by atoms with Gasteiger partial charge in [0.25, 0.3) is 5.91 Å². The van der Waals surface area contributed by atoms with E-state index in [0.29, 0.717) is 39.6 Å². The molecular weight excluding hydrogens is 414 g/mol. The fraction of sp³-hybridized carbons (Fsp3) is 0.120. The smallest absolute Gasteiger partial charge is 0.295 e. The third kappa shape index (κ3) is 3.18. The first-order chi connectivity index (χ1) is 15.1.